The molecule has 136 valence electrons. The first kappa shape index (κ1) is 18.8. The van der Waals surface area contributed by atoms with Gasteiger partial charge in [-0.15, -0.1) is 22.7 Å². The van der Waals surface area contributed by atoms with Crippen molar-refractivity contribution in [3.63, 3.8) is 0 Å². The molecular weight excluding hydrogens is 400 g/mol. The van der Waals surface area contributed by atoms with E-state index < -0.39 is 10.0 Å². The molecule has 0 aliphatic carbocycles. The van der Waals surface area contributed by atoms with E-state index in [0.717, 1.165) is 28.2 Å². The van der Waals surface area contributed by atoms with Crippen molar-refractivity contribution in [3.8, 4) is 0 Å². The van der Waals surface area contributed by atoms with Crippen LogP contribution in [0.5, 0.6) is 0 Å². The van der Waals surface area contributed by atoms with Crippen LogP contribution >= 0.6 is 34.3 Å². The van der Waals surface area contributed by atoms with Crippen LogP contribution in [-0.4, -0.2) is 49.7 Å². The fourth-order valence-corrected chi connectivity index (χ4v) is 6.97. The standard InChI is InChI=1S/C16H19ClN2O3S3/c1-3-12-11(2)10-13(23-12)16(20)18-6-8-19(9-7-18)25(21,22)15-5-4-14(17)24-15/h4-5,10H,3,6-9H2,1-2H3. The van der Waals surface area contributed by atoms with Gasteiger partial charge in [0.1, 0.15) is 4.21 Å². The predicted molar refractivity (Wildman–Crippen MR) is 102 cm³/mol. The number of amides is 1. The number of carbonyl (C=O) groups is 1. The van der Waals surface area contributed by atoms with Gasteiger partial charge in [-0.3, -0.25) is 4.79 Å². The molecular formula is C16H19ClN2O3S3. The van der Waals surface area contributed by atoms with Crippen molar-refractivity contribution in [3.05, 3.63) is 37.9 Å². The molecule has 2 aromatic rings. The average molecular weight is 419 g/mol. The maximum absolute atomic E-state index is 12.7. The lowest BCUT2D eigenvalue weighted by Gasteiger charge is -2.33. The van der Waals surface area contributed by atoms with Gasteiger partial charge >= 0.3 is 0 Å². The Bertz CT molecular complexity index is 880. The van der Waals surface area contributed by atoms with E-state index in [0.29, 0.717) is 30.5 Å². The quantitative estimate of drug-likeness (QED) is 0.763. The molecule has 5 nitrogen and oxygen atoms in total. The molecule has 3 rings (SSSR count). The van der Waals surface area contributed by atoms with Crippen LogP contribution in [0.25, 0.3) is 0 Å². The van der Waals surface area contributed by atoms with Gasteiger partial charge in [-0.2, -0.15) is 4.31 Å². The number of hydrogen-bond acceptors (Lipinski definition) is 5. The molecule has 0 spiro atoms. The Morgan fingerprint density at radius 3 is 2.40 bits per heavy atom. The number of hydrogen-bond donors (Lipinski definition) is 0. The Morgan fingerprint density at radius 2 is 1.88 bits per heavy atom. The zero-order valence-corrected chi connectivity index (χ0v) is 17.2. The van der Waals surface area contributed by atoms with Crippen molar-refractivity contribution in [2.75, 3.05) is 26.2 Å². The molecule has 0 radical (unpaired) electrons. The fourth-order valence-electron chi connectivity index (χ4n) is 2.83. The summed E-state index contributed by atoms with van der Waals surface area (Å²) in [6, 6.07) is 5.05. The third-order valence-corrected chi connectivity index (χ3v) is 9.19. The molecule has 1 aliphatic rings. The molecule has 0 bridgehead atoms. The monoisotopic (exact) mass is 418 g/mol. The first-order chi connectivity index (χ1) is 11.8. The average Bonchev–Trinajstić information content (AvgIpc) is 3.20. The number of nitrogens with zero attached hydrogens (tertiary/aromatic N) is 2. The molecule has 1 amide bonds. The lowest BCUT2D eigenvalue weighted by atomic mass is 10.2. The summed E-state index contributed by atoms with van der Waals surface area (Å²) in [6.07, 6.45) is 0.916. The van der Waals surface area contributed by atoms with Crippen molar-refractivity contribution < 1.29 is 13.2 Å². The van der Waals surface area contributed by atoms with Crippen LogP contribution in [0.4, 0.5) is 0 Å². The minimum Gasteiger partial charge on any atom is -0.335 e. The Hall–Kier alpha value is -0.930. The minimum atomic E-state index is -3.53. The smallest absolute Gasteiger partial charge is 0.264 e. The predicted octanol–water partition coefficient (Wildman–Crippen LogP) is 3.48. The molecule has 1 saturated heterocycles. The van der Waals surface area contributed by atoms with Crippen molar-refractivity contribution in [2.24, 2.45) is 0 Å². The molecule has 0 unspecified atom stereocenters. The van der Waals surface area contributed by atoms with Gasteiger partial charge in [-0.05, 0) is 37.1 Å². The summed E-state index contributed by atoms with van der Waals surface area (Å²) in [6.45, 7) is 5.49. The summed E-state index contributed by atoms with van der Waals surface area (Å²) in [4.78, 5) is 16.4. The first-order valence-corrected chi connectivity index (χ1v) is 11.4. The highest BCUT2D eigenvalue weighted by Crippen LogP contribution is 2.29. The van der Waals surface area contributed by atoms with Crippen LogP contribution < -0.4 is 0 Å². The van der Waals surface area contributed by atoms with Crippen LogP contribution in [0.2, 0.25) is 4.34 Å². The number of piperazine rings is 1. The Morgan fingerprint density at radius 1 is 1.20 bits per heavy atom. The molecule has 0 saturated carbocycles. The highest BCUT2D eigenvalue weighted by atomic mass is 35.5. The summed E-state index contributed by atoms with van der Waals surface area (Å²) in [5.74, 6) is -0.0102. The maximum atomic E-state index is 12.7. The molecule has 1 fully saturated rings. The number of thiophene rings is 2. The maximum Gasteiger partial charge on any atom is 0.264 e. The van der Waals surface area contributed by atoms with Crippen molar-refractivity contribution in [1.29, 1.82) is 0 Å². The molecule has 3 heterocycles. The van der Waals surface area contributed by atoms with Crippen LogP contribution in [0.15, 0.2) is 22.4 Å². The highest BCUT2D eigenvalue weighted by molar-refractivity contribution is 7.91. The van der Waals surface area contributed by atoms with Crippen molar-refractivity contribution in [1.82, 2.24) is 9.21 Å². The number of sulfonamides is 1. The second-order valence-corrected chi connectivity index (χ2v) is 10.8. The van der Waals surface area contributed by atoms with Gasteiger partial charge in [0, 0.05) is 31.1 Å². The molecule has 9 heteroatoms. The van der Waals surface area contributed by atoms with Gasteiger partial charge in [-0.1, -0.05) is 18.5 Å². The third kappa shape index (κ3) is 3.78. The topological polar surface area (TPSA) is 57.7 Å². The van der Waals surface area contributed by atoms with E-state index in [4.69, 9.17) is 11.6 Å². The van der Waals surface area contributed by atoms with E-state index in [1.165, 1.54) is 26.6 Å². The summed E-state index contributed by atoms with van der Waals surface area (Å²) in [7, 11) is -3.53. The van der Waals surface area contributed by atoms with Crippen LogP contribution in [0.3, 0.4) is 0 Å². The Labute approximate surface area is 160 Å². The third-order valence-electron chi connectivity index (χ3n) is 4.22. The first-order valence-electron chi connectivity index (χ1n) is 7.97. The summed E-state index contributed by atoms with van der Waals surface area (Å²) < 4.78 is 27.3. The molecule has 2 aromatic heterocycles. The Kier molecular flexibility index (Phi) is 5.55. The van der Waals surface area contributed by atoms with Gasteiger partial charge in [-0.25, -0.2) is 8.42 Å². The minimum absolute atomic E-state index is 0.0102. The fraction of sp³-hybridized carbons (Fsp3) is 0.438. The van der Waals surface area contributed by atoms with Crippen LogP contribution in [-0.2, 0) is 16.4 Å². The number of carbonyl (C=O) groups excluding carboxylic acids is 1. The number of rotatable bonds is 4. The SMILES string of the molecule is CCc1sc(C(=O)N2CCN(S(=O)(=O)c3ccc(Cl)s3)CC2)cc1C. The van der Waals surface area contributed by atoms with Gasteiger partial charge < -0.3 is 4.90 Å². The lowest BCUT2D eigenvalue weighted by Crippen LogP contribution is -2.50. The van der Waals surface area contributed by atoms with Gasteiger partial charge in [0.2, 0.25) is 0 Å². The summed E-state index contributed by atoms with van der Waals surface area (Å²) >= 11 is 8.44. The van der Waals surface area contributed by atoms with E-state index in [2.05, 4.69) is 6.92 Å². The number of halogens is 1. The molecule has 0 N–H and O–H groups in total. The van der Waals surface area contributed by atoms with E-state index in [1.54, 1.807) is 11.0 Å². The lowest BCUT2D eigenvalue weighted by molar-refractivity contribution is 0.0703. The summed E-state index contributed by atoms with van der Waals surface area (Å²) in [5.41, 5.74) is 1.15. The van der Waals surface area contributed by atoms with E-state index in [1.807, 2.05) is 13.0 Å². The molecule has 1 aliphatic heterocycles. The molecule has 0 aromatic carbocycles. The highest BCUT2D eigenvalue weighted by Gasteiger charge is 2.31. The van der Waals surface area contributed by atoms with Crippen molar-refractivity contribution >= 4 is 50.2 Å². The second kappa shape index (κ2) is 7.36. The Balaban J connectivity index is 1.68. The van der Waals surface area contributed by atoms with Crippen LogP contribution in [0.1, 0.15) is 27.0 Å². The van der Waals surface area contributed by atoms with E-state index in [9.17, 15) is 13.2 Å². The normalized spacial score (nSPS) is 16.4. The summed E-state index contributed by atoms with van der Waals surface area (Å²) in [5, 5.41) is 0. The van der Waals surface area contributed by atoms with Gasteiger partial charge in [0.15, 0.2) is 0 Å². The largest absolute Gasteiger partial charge is 0.335 e. The van der Waals surface area contributed by atoms with Crippen LogP contribution in [0, 0.1) is 6.92 Å². The van der Waals surface area contributed by atoms with Gasteiger partial charge in [0.05, 0.1) is 9.21 Å². The zero-order valence-electron chi connectivity index (χ0n) is 14.0. The second-order valence-electron chi connectivity index (χ2n) is 5.83. The zero-order chi connectivity index (χ0) is 18.2. The molecule has 25 heavy (non-hydrogen) atoms. The van der Waals surface area contributed by atoms with E-state index in [-0.39, 0.29) is 10.1 Å². The van der Waals surface area contributed by atoms with E-state index >= 15 is 0 Å². The number of aryl methyl sites for hydroxylation is 2. The van der Waals surface area contributed by atoms with Gasteiger partial charge in [0.25, 0.3) is 15.9 Å². The van der Waals surface area contributed by atoms with Crippen molar-refractivity contribution in [2.45, 2.75) is 24.5 Å². The molecule has 0 atom stereocenters.